The topological polar surface area (TPSA) is 12.0 Å². The molecule has 1 aliphatic rings. The van der Waals surface area contributed by atoms with Crippen LogP contribution in [0.15, 0.2) is 12.7 Å². The standard InChI is InChI=1S/C10H19N/c1-2-3-4-6-10-7-5-8-11-9-10/h2,10-11H,1,3-9H2. The number of nitrogens with one attached hydrogen (secondary N) is 1. The number of hydrogen-bond acceptors (Lipinski definition) is 1. The van der Waals surface area contributed by atoms with Crippen LogP contribution >= 0.6 is 0 Å². The summed E-state index contributed by atoms with van der Waals surface area (Å²) in [7, 11) is 0. The Hall–Kier alpha value is -0.300. The molecule has 0 spiro atoms. The van der Waals surface area contributed by atoms with E-state index in [0.29, 0.717) is 0 Å². The van der Waals surface area contributed by atoms with Crippen molar-refractivity contribution in [3.05, 3.63) is 12.7 Å². The molecule has 11 heavy (non-hydrogen) atoms. The van der Waals surface area contributed by atoms with Crippen molar-refractivity contribution in [3.63, 3.8) is 0 Å². The minimum atomic E-state index is 0.948. The van der Waals surface area contributed by atoms with Crippen LogP contribution in [0.4, 0.5) is 0 Å². The third-order valence-electron chi connectivity index (χ3n) is 2.42. The maximum absolute atomic E-state index is 3.73. The predicted octanol–water partition coefficient (Wildman–Crippen LogP) is 2.34. The Bertz CT molecular complexity index is 103. The highest BCUT2D eigenvalue weighted by atomic mass is 14.9. The molecular weight excluding hydrogens is 134 g/mol. The Morgan fingerprint density at radius 1 is 1.55 bits per heavy atom. The quantitative estimate of drug-likeness (QED) is 0.483. The Kier molecular flexibility index (Phi) is 4.29. The molecule has 1 heteroatoms. The van der Waals surface area contributed by atoms with Gasteiger partial charge < -0.3 is 5.32 Å². The van der Waals surface area contributed by atoms with E-state index in [9.17, 15) is 0 Å². The van der Waals surface area contributed by atoms with Crippen molar-refractivity contribution in [3.8, 4) is 0 Å². The summed E-state index contributed by atoms with van der Waals surface area (Å²) in [5, 5.41) is 3.44. The molecule has 1 atom stereocenters. The van der Waals surface area contributed by atoms with Crippen molar-refractivity contribution in [1.29, 1.82) is 0 Å². The van der Waals surface area contributed by atoms with E-state index >= 15 is 0 Å². The van der Waals surface area contributed by atoms with Gasteiger partial charge in [0.1, 0.15) is 0 Å². The molecule has 1 aliphatic heterocycles. The smallest absolute Gasteiger partial charge is 0.00205 e. The first-order valence-corrected chi connectivity index (χ1v) is 4.75. The van der Waals surface area contributed by atoms with Crippen molar-refractivity contribution in [2.24, 2.45) is 5.92 Å². The monoisotopic (exact) mass is 153 g/mol. The van der Waals surface area contributed by atoms with Gasteiger partial charge in [0.2, 0.25) is 0 Å². The van der Waals surface area contributed by atoms with Gasteiger partial charge in [0.05, 0.1) is 0 Å². The highest BCUT2D eigenvalue weighted by molar-refractivity contribution is 4.71. The van der Waals surface area contributed by atoms with Gasteiger partial charge in [-0.2, -0.15) is 0 Å². The Morgan fingerprint density at radius 3 is 3.09 bits per heavy atom. The second-order valence-corrected chi connectivity index (χ2v) is 3.43. The van der Waals surface area contributed by atoms with Gasteiger partial charge in [0.25, 0.3) is 0 Å². The molecule has 1 fully saturated rings. The third kappa shape index (κ3) is 3.57. The van der Waals surface area contributed by atoms with E-state index in [1.807, 2.05) is 6.08 Å². The third-order valence-corrected chi connectivity index (χ3v) is 2.42. The lowest BCUT2D eigenvalue weighted by molar-refractivity contribution is 0.352. The molecule has 0 radical (unpaired) electrons. The predicted molar refractivity (Wildman–Crippen MR) is 49.6 cm³/mol. The van der Waals surface area contributed by atoms with Crippen molar-refractivity contribution in [2.45, 2.75) is 32.1 Å². The van der Waals surface area contributed by atoms with Crippen LogP contribution in [0.2, 0.25) is 0 Å². The molecule has 0 aromatic carbocycles. The highest BCUT2D eigenvalue weighted by Gasteiger charge is 2.11. The molecule has 0 amide bonds. The number of hydrogen-bond donors (Lipinski definition) is 1. The molecule has 1 nitrogen and oxygen atoms in total. The summed E-state index contributed by atoms with van der Waals surface area (Å²) < 4.78 is 0. The minimum Gasteiger partial charge on any atom is -0.316 e. The molecule has 1 N–H and O–H groups in total. The van der Waals surface area contributed by atoms with E-state index in [1.165, 1.54) is 45.2 Å². The number of allylic oxidation sites excluding steroid dienone is 1. The first-order chi connectivity index (χ1) is 5.43. The summed E-state index contributed by atoms with van der Waals surface area (Å²) in [6, 6.07) is 0. The Labute approximate surface area is 69.9 Å². The number of piperidine rings is 1. The minimum absolute atomic E-state index is 0.948. The van der Waals surface area contributed by atoms with Gasteiger partial charge in [-0.25, -0.2) is 0 Å². The van der Waals surface area contributed by atoms with Gasteiger partial charge in [0.15, 0.2) is 0 Å². The van der Waals surface area contributed by atoms with Crippen molar-refractivity contribution < 1.29 is 0 Å². The molecule has 0 aromatic heterocycles. The Balaban J connectivity index is 2.00. The van der Waals surface area contributed by atoms with Gasteiger partial charge in [-0.1, -0.05) is 6.08 Å². The molecule has 0 aromatic rings. The lowest BCUT2D eigenvalue weighted by Gasteiger charge is -2.22. The number of unbranched alkanes of at least 4 members (excludes halogenated alkanes) is 1. The zero-order chi connectivity index (χ0) is 7.94. The lowest BCUT2D eigenvalue weighted by atomic mass is 9.94. The maximum Gasteiger partial charge on any atom is -0.00205 e. The molecule has 0 saturated carbocycles. The number of rotatable bonds is 4. The lowest BCUT2D eigenvalue weighted by Crippen LogP contribution is -2.29. The van der Waals surface area contributed by atoms with Crippen LogP contribution in [-0.4, -0.2) is 13.1 Å². The second kappa shape index (κ2) is 5.36. The summed E-state index contributed by atoms with van der Waals surface area (Å²) in [5.74, 6) is 0.948. The van der Waals surface area contributed by atoms with E-state index in [0.717, 1.165) is 5.92 Å². The Morgan fingerprint density at radius 2 is 2.45 bits per heavy atom. The SMILES string of the molecule is C=CCCCC1CCCNC1. The summed E-state index contributed by atoms with van der Waals surface area (Å²) >= 11 is 0. The van der Waals surface area contributed by atoms with Crippen LogP contribution in [0, 0.1) is 5.92 Å². The molecule has 1 heterocycles. The first kappa shape index (κ1) is 8.79. The van der Waals surface area contributed by atoms with Crippen molar-refractivity contribution >= 4 is 0 Å². The maximum atomic E-state index is 3.73. The largest absolute Gasteiger partial charge is 0.316 e. The first-order valence-electron chi connectivity index (χ1n) is 4.75. The van der Waals surface area contributed by atoms with Crippen LogP contribution in [0.1, 0.15) is 32.1 Å². The van der Waals surface area contributed by atoms with Gasteiger partial charge in [0, 0.05) is 0 Å². The average molecular weight is 153 g/mol. The molecule has 64 valence electrons. The van der Waals surface area contributed by atoms with Gasteiger partial charge in [-0.15, -0.1) is 6.58 Å². The zero-order valence-electron chi connectivity index (χ0n) is 7.31. The van der Waals surface area contributed by atoms with Gasteiger partial charge >= 0.3 is 0 Å². The zero-order valence-corrected chi connectivity index (χ0v) is 7.31. The average Bonchev–Trinajstić information content (AvgIpc) is 2.07. The normalized spacial score (nSPS) is 24.9. The summed E-state index contributed by atoms with van der Waals surface area (Å²) in [6.45, 7) is 6.21. The summed E-state index contributed by atoms with van der Waals surface area (Å²) in [4.78, 5) is 0. The van der Waals surface area contributed by atoms with Crippen LogP contribution in [0.3, 0.4) is 0 Å². The van der Waals surface area contributed by atoms with Crippen molar-refractivity contribution in [1.82, 2.24) is 5.32 Å². The van der Waals surface area contributed by atoms with Gasteiger partial charge in [-0.05, 0) is 51.1 Å². The van der Waals surface area contributed by atoms with Crippen LogP contribution in [0.25, 0.3) is 0 Å². The summed E-state index contributed by atoms with van der Waals surface area (Å²) in [6.07, 6.45) is 8.74. The fourth-order valence-electron chi connectivity index (χ4n) is 1.72. The molecule has 1 unspecified atom stereocenters. The van der Waals surface area contributed by atoms with E-state index in [-0.39, 0.29) is 0 Å². The van der Waals surface area contributed by atoms with Crippen molar-refractivity contribution in [2.75, 3.05) is 13.1 Å². The summed E-state index contributed by atoms with van der Waals surface area (Å²) in [5.41, 5.74) is 0. The molecule has 1 rings (SSSR count). The van der Waals surface area contributed by atoms with Gasteiger partial charge in [-0.3, -0.25) is 0 Å². The fraction of sp³-hybridized carbons (Fsp3) is 0.800. The van der Waals surface area contributed by atoms with E-state index in [2.05, 4.69) is 11.9 Å². The van der Waals surface area contributed by atoms with E-state index < -0.39 is 0 Å². The fourth-order valence-corrected chi connectivity index (χ4v) is 1.72. The highest BCUT2D eigenvalue weighted by Crippen LogP contribution is 2.16. The van der Waals surface area contributed by atoms with E-state index in [1.54, 1.807) is 0 Å². The molecule has 0 bridgehead atoms. The second-order valence-electron chi connectivity index (χ2n) is 3.43. The van der Waals surface area contributed by atoms with Crippen LogP contribution in [-0.2, 0) is 0 Å². The molecular formula is C10H19N. The van der Waals surface area contributed by atoms with Crippen LogP contribution in [0.5, 0.6) is 0 Å². The molecule has 0 aliphatic carbocycles. The van der Waals surface area contributed by atoms with E-state index in [4.69, 9.17) is 0 Å². The van der Waals surface area contributed by atoms with Crippen LogP contribution < -0.4 is 5.32 Å². The molecule has 1 saturated heterocycles.